The molecule has 0 saturated heterocycles. The van der Waals surface area contributed by atoms with Gasteiger partial charge in [-0.2, -0.15) is 0 Å². The number of carbonyl (C=O) groups excluding carboxylic acids is 1. The van der Waals surface area contributed by atoms with Crippen LogP contribution in [0.15, 0.2) is 0 Å². The molecule has 0 aromatic heterocycles. The second-order valence-electron chi connectivity index (χ2n) is 4.16. The van der Waals surface area contributed by atoms with Gasteiger partial charge in [-0.15, -0.1) is 0 Å². The Hall–Kier alpha value is -0.650. The zero-order chi connectivity index (χ0) is 12.6. The smallest absolute Gasteiger partial charge is 0.222 e. The fraction of sp³-hybridized carbons (Fsp3) is 0.909. The molecule has 1 unspecified atom stereocenters. The molecule has 1 amide bonds. The summed E-state index contributed by atoms with van der Waals surface area (Å²) >= 11 is 0. The first-order valence-corrected chi connectivity index (χ1v) is 5.79. The van der Waals surface area contributed by atoms with Gasteiger partial charge in [-0.05, 0) is 19.9 Å². The number of aliphatic hydroxyl groups is 2. The SMILES string of the molecule is CCNC(C)CC(=O)NC(CC)(CO)CO. The zero-order valence-electron chi connectivity index (χ0n) is 10.4. The van der Waals surface area contributed by atoms with Crippen LogP contribution in [0.4, 0.5) is 0 Å². The standard InChI is InChI=1S/C11H24N2O3/c1-4-11(7-14,8-15)13-10(16)6-9(3)12-5-2/h9,12,14-15H,4-8H2,1-3H3,(H,13,16). The highest BCUT2D eigenvalue weighted by molar-refractivity contribution is 5.77. The predicted molar refractivity (Wildman–Crippen MR) is 63.1 cm³/mol. The van der Waals surface area contributed by atoms with Gasteiger partial charge in [0.1, 0.15) is 0 Å². The first-order valence-electron chi connectivity index (χ1n) is 5.79. The Morgan fingerprint density at radius 3 is 2.25 bits per heavy atom. The van der Waals surface area contributed by atoms with E-state index in [0.717, 1.165) is 6.54 Å². The summed E-state index contributed by atoms with van der Waals surface area (Å²) in [4.78, 5) is 11.6. The van der Waals surface area contributed by atoms with Crippen LogP contribution in [0.5, 0.6) is 0 Å². The Morgan fingerprint density at radius 2 is 1.88 bits per heavy atom. The van der Waals surface area contributed by atoms with Crippen molar-refractivity contribution in [3.8, 4) is 0 Å². The van der Waals surface area contributed by atoms with E-state index in [4.69, 9.17) is 0 Å². The maximum Gasteiger partial charge on any atom is 0.222 e. The fourth-order valence-electron chi connectivity index (χ4n) is 1.49. The quantitative estimate of drug-likeness (QED) is 0.460. The van der Waals surface area contributed by atoms with Crippen molar-refractivity contribution in [2.24, 2.45) is 0 Å². The second kappa shape index (κ2) is 7.60. The number of carbonyl (C=O) groups is 1. The van der Waals surface area contributed by atoms with E-state index in [1.165, 1.54) is 0 Å². The molecule has 0 aliphatic carbocycles. The third-order valence-electron chi connectivity index (χ3n) is 2.73. The highest BCUT2D eigenvalue weighted by atomic mass is 16.3. The average Bonchev–Trinajstić information content (AvgIpc) is 2.26. The lowest BCUT2D eigenvalue weighted by molar-refractivity contribution is -0.124. The van der Waals surface area contributed by atoms with E-state index in [1.807, 2.05) is 20.8 Å². The molecule has 0 spiro atoms. The molecular formula is C11H24N2O3. The molecule has 0 heterocycles. The summed E-state index contributed by atoms with van der Waals surface area (Å²) in [5.41, 5.74) is -0.886. The van der Waals surface area contributed by atoms with Crippen molar-refractivity contribution in [2.75, 3.05) is 19.8 Å². The van der Waals surface area contributed by atoms with Crippen LogP contribution >= 0.6 is 0 Å². The van der Waals surface area contributed by atoms with Crippen LogP contribution in [-0.4, -0.2) is 47.5 Å². The van der Waals surface area contributed by atoms with E-state index in [2.05, 4.69) is 10.6 Å². The average molecular weight is 232 g/mol. The molecule has 1 atom stereocenters. The molecule has 0 bridgehead atoms. The van der Waals surface area contributed by atoms with Crippen LogP contribution in [-0.2, 0) is 4.79 Å². The number of rotatable bonds is 8. The van der Waals surface area contributed by atoms with Gasteiger partial charge in [0.05, 0.1) is 18.8 Å². The highest BCUT2D eigenvalue weighted by Gasteiger charge is 2.28. The molecule has 0 aromatic rings. The number of hydrogen-bond donors (Lipinski definition) is 4. The van der Waals surface area contributed by atoms with E-state index in [-0.39, 0.29) is 25.2 Å². The topological polar surface area (TPSA) is 81.6 Å². The minimum absolute atomic E-state index is 0.0944. The first-order chi connectivity index (χ1) is 7.53. The normalized spacial score (nSPS) is 13.6. The molecule has 0 radical (unpaired) electrons. The third kappa shape index (κ3) is 4.92. The highest BCUT2D eigenvalue weighted by Crippen LogP contribution is 2.08. The Labute approximate surface area is 97.2 Å². The van der Waals surface area contributed by atoms with Gasteiger partial charge in [-0.25, -0.2) is 0 Å². The van der Waals surface area contributed by atoms with Gasteiger partial charge in [0.15, 0.2) is 0 Å². The molecule has 0 saturated carbocycles. The molecule has 16 heavy (non-hydrogen) atoms. The van der Waals surface area contributed by atoms with Crippen LogP contribution in [0.2, 0.25) is 0 Å². The molecule has 4 N–H and O–H groups in total. The van der Waals surface area contributed by atoms with Crippen molar-refractivity contribution >= 4 is 5.91 Å². The Bertz CT molecular complexity index is 197. The molecule has 0 rings (SSSR count). The third-order valence-corrected chi connectivity index (χ3v) is 2.73. The van der Waals surface area contributed by atoms with Crippen molar-refractivity contribution in [3.05, 3.63) is 0 Å². The van der Waals surface area contributed by atoms with E-state index >= 15 is 0 Å². The molecule has 0 fully saturated rings. The van der Waals surface area contributed by atoms with Gasteiger partial charge >= 0.3 is 0 Å². The van der Waals surface area contributed by atoms with Crippen molar-refractivity contribution in [3.63, 3.8) is 0 Å². The van der Waals surface area contributed by atoms with Crippen molar-refractivity contribution < 1.29 is 15.0 Å². The Morgan fingerprint density at radius 1 is 1.31 bits per heavy atom. The molecule has 5 heteroatoms. The van der Waals surface area contributed by atoms with Gasteiger partial charge in [0, 0.05) is 12.5 Å². The Kier molecular flexibility index (Phi) is 7.29. The van der Waals surface area contributed by atoms with Crippen LogP contribution in [0, 0.1) is 0 Å². The predicted octanol–water partition coefficient (Wildman–Crippen LogP) is -0.376. The van der Waals surface area contributed by atoms with Crippen molar-refractivity contribution in [1.29, 1.82) is 0 Å². The van der Waals surface area contributed by atoms with Gasteiger partial charge in [-0.3, -0.25) is 4.79 Å². The maximum atomic E-state index is 11.6. The lowest BCUT2D eigenvalue weighted by Gasteiger charge is -2.30. The van der Waals surface area contributed by atoms with Crippen LogP contribution < -0.4 is 10.6 Å². The summed E-state index contributed by atoms with van der Waals surface area (Å²) < 4.78 is 0. The minimum Gasteiger partial charge on any atom is -0.394 e. The maximum absolute atomic E-state index is 11.6. The number of aliphatic hydroxyl groups excluding tert-OH is 2. The van der Waals surface area contributed by atoms with E-state index < -0.39 is 5.54 Å². The summed E-state index contributed by atoms with van der Waals surface area (Å²) in [6.45, 7) is 6.04. The molecule has 0 aliphatic rings. The summed E-state index contributed by atoms with van der Waals surface area (Å²) in [7, 11) is 0. The number of amides is 1. The van der Waals surface area contributed by atoms with Crippen LogP contribution in [0.3, 0.4) is 0 Å². The molecule has 96 valence electrons. The fourth-order valence-corrected chi connectivity index (χ4v) is 1.49. The second-order valence-corrected chi connectivity index (χ2v) is 4.16. The molecule has 5 nitrogen and oxygen atoms in total. The van der Waals surface area contributed by atoms with Gasteiger partial charge in [0.25, 0.3) is 0 Å². The van der Waals surface area contributed by atoms with Gasteiger partial charge in [-0.1, -0.05) is 13.8 Å². The van der Waals surface area contributed by atoms with Crippen LogP contribution in [0.25, 0.3) is 0 Å². The van der Waals surface area contributed by atoms with E-state index in [1.54, 1.807) is 0 Å². The number of hydrogen-bond acceptors (Lipinski definition) is 4. The van der Waals surface area contributed by atoms with E-state index in [0.29, 0.717) is 12.8 Å². The summed E-state index contributed by atoms with van der Waals surface area (Å²) in [5.74, 6) is -0.154. The summed E-state index contributed by atoms with van der Waals surface area (Å²) in [5, 5.41) is 24.2. The summed E-state index contributed by atoms with van der Waals surface area (Å²) in [6.07, 6.45) is 0.844. The molecule has 0 aliphatic heterocycles. The lowest BCUT2D eigenvalue weighted by atomic mass is 9.98. The van der Waals surface area contributed by atoms with Gasteiger partial charge < -0.3 is 20.8 Å². The Balaban J connectivity index is 4.20. The zero-order valence-corrected chi connectivity index (χ0v) is 10.4. The van der Waals surface area contributed by atoms with Crippen molar-refractivity contribution in [1.82, 2.24) is 10.6 Å². The van der Waals surface area contributed by atoms with Gasteiger partial charge in [0.2, 0.25) is 5.91 Å². The summed E-state index contributed by atoms with van der Waals surface area (Å²) in [6, 6.07) is 0.0944. The monoisotopic (exact) mass is 232 g/mol. The first kappa shape index (κ1) is 15.3. The van der Waals surface area contributed by atoms with E-state index in [9.17, 15) is 15.0 Å². The number of nitrogens with one attached hydrogen (secondary N) is 2. The lowest BCUT2D eigenvalue weighted by Crippen LogP contribution is -2.54. The largest absolute Gasteiger partial charge is 0.394 e. The minimum atomic E-state index is -0.886. The molecular weight excluding hydrogens is 208 g/mol. The van der Waals surface area contributed by atoms with Crippen molar-refractivity contribution in [2.45, 2.75) is 45.2 Å². The van der Waals surface area contributed by atoms with Crippen LogP contribution in [0.1, 0.15) is 33.6 Å². The molecule has 0 aromatic carbocycles.